The van der Waals surface area contributed by atoms with Crippen LogP contribution >= 0.6 is 11.3 Å². The van der Waals surface area contributed by atoms with E-state index in [-0.39, 0.29) is 10.5 Å². The first-order valence-corrected chi connectivity index (χ1v) is 8.86. The Morgan fingerprint density at radius 2 is 2.00 bits per heavy atom. The maximum atomic E-state index is 12.4. The largest absolute Gasteiger partial charge is 0.545 e. The van der Waals surface area contributed by atoms with Crippen LogP contribution in [-0.2, 0) is 10.0 Å². The van der Waals surface area contributed by atoms with Crippen LogP contribution in [0.2, 0.25) is 0 Å². The zero-order chi connectivity index (χ0) is 16.6. The number of hydrogen-bond acceptors (Lipinski definition) is 6. The summed E-state index contributed by atoms with van der Waals surface area (Å²) in [6, 6.07) is 10.1. The predicted octanol–water partition coefficient (Wildman–Crippen LogP) is 1.77. The summed E-state index contributed by atoms with van der Waals surface area (Å²) in [6.45, 7) is 1.87. The van der Waals surface area contributed by atoms with Gasteiger partial charge in [-0.2, -0.15) is 0 Å². The van der Waals surface area contributed by atoms with Gasteiger partial charge in [0.05, 0.1) is 31.8 Å². The number of hydrogen-bond donors (Lipinski definition) is 1. The monoisotopic (exact) mass is 347 g/mol. The van der Waals surface area contributed by atoms with E-state index in [1.54, 1.807) is 18.2 Å². The van der Waals surface area contributed by atoms with E-state index >= 15 is 0 Å². The van der Waals surface area contributed by atoms with Crippen molar-refractivity contribution in [2.24, 2.45) is 0 Å². The number of benzene rings is 2. The SMILES string of the molecule is Cc1nc2ccc(NS(=O)(=O)c3cccc(C(=O)[O-])c3)cc2s1. The number of carboxylic acid groups (broad SMARTS) is 1. The van der Waals surface area contributed by atoms with Crippen LogP contribution in [0.1, 0.15) is 15.4 Å². The van der Waals surface area contributed by atoms with Crippen LogP contribution < -0.4 is 9.83 Å². The van der Waals surface area contributed by atoms with Crippen LogP contribution in [0.4, 0.5) is 5.69 Å². The number of carbonyl (C=O) groups is 1. The van der Waals surface area contributed by atoms with Gasteiger partial charge in [0.2, 0.25) is 0 Å². The van der Waals surface area contributed by atoms with Gasteiger partial charge in [0.15, 0.2) is 0 Å². The van der Waals surface area contributed by atoms with Gasteiger partial charge in [-0.3, -0.25) is 4.72 Å². The fraction of sp³-hybridized carbons (Fsp3) is 0.0667. The van der Waals surface area contributed by atoms with E-state index in [1.165, 1.54) is 29.5 Å². The smallest absolute Gasteiger partial charge is 0.261 e. The Morgan fingerprint density at radius 3 is 2.74 bits per heavy atom. The first-order chi connectivity index (χ1) is 10.8. The number of fused-ring (bicyclic) bond motifs is 1. The van der Waals surface area contributed by atoms with Crippen molar-refractivity contribution in [1.82, 2.24) is 4.98 Å². The van der Waals surface area contributed by atoms with Crippen LogP contribution in [0.25, 0.3) is 10.2 Å². The predicted molar refractivity (Wildman–Crippen MR) is 85.9 cm³/mol. The third kappa shape index (κ3) is 3.17. The summed E-state index contributed by atoms with van der Waals surface area (Å²) in [5, 5.41) is 11.7. The molecule has 0 amide bonds. The van der Waals surface area contributed by atoms with E-state index in [0.29, 0.717) is 5.69 Å². The fourth-order valence-electron chi connectivity index (χ4n) is 2.11. The number of aromatic carboxylic acids is 1. The second-order valence-electron chi connectivity index (χ2n) is 4.84. The zero-order valence-electron chi connectivity index (χ0n) is 11.9. The minimum Gasteiger partial charge on any atom is -0.545 e. The molecule has 0 saturated heterocycles. The highest BCUT2D eigenvalue weighted by Gasteiger charge is 2.15. The molecule has 0 aliphatic rings. The van der Waals surface area contributed by atoms with Gasteiger partial charge in [0.1, 0.15) is 0 Å². The molecule has 0 aliphatic heterocycles. The van der Waals surface area contributed by atoms with Crippen molar-refractivity contribution >= 4 is 43.2 Å². The minimum atomic E-state index is -3.89. The summed E-state index contributed by atoms with van der Waals surface area (Å²) in [7, 11) is -3.89. The van der Waals surface area contributed by atoms with Crippen LogP contribution in [-0.4, -0.2) is 19.4 Å². The Morgan fingerprint density at radius 1 is 1.22 bits per heavy atom. The summed E-state index contributed by atoms with van der Waals surface area (Å²) in [4.78, 5) is 15.0. The summed E-state index contributed by atoms with van der Waals surface area (Å²) in [5.41, 5.74) is 0.996. The molecule has 8 heteroatoms. The van der Waals surface area contributed by atoms with Gasteiger partial charge >= 0.3 is 0 Å². The third-order valence-electron chi connectivity index (χ3n) is 3.13. The number of carboxylic acids is 1. The van der Waals surface area contributed by atoms with Gasteiger partial charge in [-0.15, -0.1) is 11.3 Å². The van der Waals surface area contributed by atoms with Crippen molar-refractivity contribution in [3.63, 3.8) is 0 Å². The molecular weight excluding hydrogens is 336 g/mol. The summed E-state index contributed by atoms with van der Waals surface area (Å²) < 4.78 is 28.1. The van der Waals surface area contributed by atoms with Crippen molar-refractivity contribution in [2.45, 2.75) is 11.8 Å². The van der Waals surface area contributed by atoms with Crippen LogP contribution in [0.15, 0.2) is 47.4 Å². The number of thiazole rings is 1. The molecular formula is C15H11N2O4S2-. The van der Waals surface area contributed by atoms with Crippen molar-refractivity contribution in [2.75, 3.05) is 4.72 Å². The molecule has 0 saturated carbocycles. The molecule has 0 fully saturated rings. The second-order valence-corrected chi connectivity index (χ2v) is 7.75. The van der Waals surface area contributed by atoms with E-state index < -0.39 is 16.0 Å². The standard InChI is InChI=1S/C15H12N2O4S2/c1-9-16-13-6-5-11(8-14(13)22-9)17-23(20,21)12-4-2-3-10(7-12)15(18)19/h2-8,17H,1H3,(H,18,19)/p-1. The Bertz CT molecular complexity index is 1010. The quantitative estimate of drug-likeness (QED) is 0.775. The molecule has 1 heterocycles. The lowest BCUT2D eigenvalue weighted by molar-refractivity contribution is -0.255. The van der Waals surface area contributed by atoms with Crippen molar-refractivity contribution in [3.05, 3.63) is 53.0 Å². The molecule has 0 radical (unpaired) electrons. The number of aromatic nitrogens is 1. The second kappa shape index (κ2) is 5.64. The Kier molecular flexibility index (Phi) is 3.78. The van der Waals surface area contributed by atoms with E-state index in [2.05, 4.69) is 9.71 Å². The molecule has 1 aromatic heterocycles. The summed E-state index contributed by atoms with van der Waals surface area (Å²) in [5.74, 6) is -1.43. The lowest BCUT2D eigenvalue weighted by atomic mass is 10.2. The molecule has 3 rings (SSSR count). The molecule has 118 valence electrons. The average Bonchev–Trinajstić information content (AvgIpc) is 2.86. The highest BCUT2D eigenvalue weighted by Crippen LogP contribution is 2.26. The molecule has 23 heavy (non-hydrogen) atoms. The molecule has 1 N–H and O–H groups in total. The maximum Gasteiger partial charge on any atom is 0.261 e. The number of nitrogens with zero attached hydrogens (tertiary/aromatic N) is 1. The third-order valence-corrected chi connectivity index (χ3v) is 5.44. The summed E-state index contributed by atoms with van der Waals surface area (Å²) in [6.07, 6.45) is 0. The summed E-state index contributed by atoms with van der Waals surface area (Å²) >= 11 is 1.46. The maximum absolute atomic E-state index is 12.4. The van der Waals surface area contributed by atoms with Gasteiger partial charge in [-0.05, 0) is 42.8 Å². The topological polar surface area (TPSA) is 99.2 Å². The number of carbonyl (C=O) groups excluding carboxylic acids is 1. The Balaban J connectivity index is 1.95. The van der Waals surface area contributed by atoms with Gasteiger partial charge < -0.3 is 9.90 Å². The van der Waals surface area contributed by atoms with Gasteiger partial charge in [0, 0.05) is 0 Å². The molecule has 3 aromatic rings. The molecule has 0 unspecified atom stereocenters. The molecule has 2 aromatic carbocycles. The first kappa shape index (κ1) is 15.4. The fourth-order valence-corrected chi connectivity index (χ4v) is 4.07. The number of aryl methyl sites for hydroxylation is 1. The highest BCUT2D eigenvalue weighted by atomic mass is 32.2. The lowest BCUT2D eigenvalue weighted by Crippen LogP contribution is -2.23. The molecule has 0 spiro atoms. The van der Waals surface area contributed by atoms with Crippen LogP contribution in [0.3, 0.4) is 0 Å². The van der Waals surface area contributed by atoms with Crippen LogP contribution in [0, 0.1) is 6.92 Å². The van der Waals surface area contributed by atoms with E-state index in [0.717, 1.165) is 21.3 Å². The van der Waals surface area contributed by atoms with Crippen molar-refractivity contribution in [1.29, 1.82) is 0 Å². The highest BCUT2D eigenvalue weighted by molar-refractivity contribution is 7.92. The van der Waals surface area contributed by atoms with Gasteiger partial charge in [0.25, 0.3) is 10.0 Å². The van der Waals surface area contributed by atoms with E-state index in [9.17, 15) is 18.3 Å². The van der Waals surface area contributed by atoms with E-state index in [1.807, 2.05) is 6.92 Å². The molecule has 0 atom stereocenters. The average molecular weight is 347 g/mol. The first-order valence-electron chi connectivity index (χ1n) is 6.56. The lowest BCUT2D eigenvalue weighted by Gasteiger charge is -2.10. The molecule has 0 aliphatic carbocycles. The number of sulfonamides is 1. The van der Waals surface area contributed by atoms with E-state index in [4.69, 9.17) is 0 Å². The number of rotatable bonds is 4. The van der Waals surface area contributed by atoms with Crippen LogP contribution in [0.5, 0.6) is 0 Å². The molecule has 0 bridgehead atoms. The zero-order valence-corrected chi connectivity index (χ0v) is 13.6. The van der Waals surface area contributed by atoms with Gasteiger partial charge in [-0.25, -0.2) is 13.4 Å². The minimum absolute atomic E-state index is 0.139. The normalized spacial score (nSPS) is 11.5. The van der Waals surface area contributed by atoms with Gasteiger partial charge in [-0.1, -0.05) is 12.1 Å². The van der Waals surface area contributed by atoms with Crippen molar-refractivity contribution < 1.29 is 18.3 Å². The number of anilines is 1. The Hall–Kier alpha value is -2.45. The van der Waals surface area contributed by atoms with Crippen molar-refractivity contribution in [3.8, 4) is 0 Å². The number of nitrogens with one attached hydrogen (secondary N) is 1. The Labute approximate surface area is 136 Å². The molecule has 6 nitrogen and oxygen atoms in total.